The molecule has 0 saturated carbocycles. The molecule has 7 nitrogen and oxygen atoms in total. The smallest absolute Gasteiger partial charge is 0.295 e. The number of amides is 1. The van der Waals surface area contributed by atoms with E-state index in [0.29, 0.717) is 30.3 Å². The first-order chi connectivity index (χ1) is 17.6. The minimum atomic E-state index is -0.780. The highest BCUT2D eigenvalue weighted by Gasteiger charge is 2.46. The summed E-state index contributed by atoms with van der Waals surface area (Å²) in [5.41, 5.74) is 2.02. The number of pyridine rings is 1. The first kappa shape index (κ1) is 21.9. The fraction of sp³-hybridized carbons (Fsp3) is 0.138. The number of fused-ring (bicyclic) bond motifs is 2. The lowest BCUT2D eigenvalue weighted by molar-refractivity contribution is -0.140. The van der Waals surface area contributed by atoms with Crippen LogP contribution < -0.4 is 9.47 Å². The van der Waals surface area contributed by atoms with Crippen LogP contribution >= 0.6 is 0 Å². The van der Waals surface area contributed by atoms with Gasteiger partial charge >= 0.3 is 0 Å². The van der Waals surface area contributed by atoms with Crippen LogP contribution in [0.2, 0.25) is 0 Å². The molecule has 1 saturated heterocycles. The highest BCUT2D eigenvalue weighted by molar-refractivity contribution is 6.46. The molecule has 1 N–H and O–H groups in total. The predicted octanol–water partition coefficient (Wildman–Crippen LogP) is 4.63. The third kappa shape index (κ3) is 3.65. The van der Waals surface area contributed by atoms with Crippen molar-refractivity contribution in [3.8, 4) is 11.5 Å². The van der Waals surface area contributed by atoms with Crippen molar-refractivity contribution in [2.75, 3.05) is 13.2 Å². The summed E-state index contributed by atoms with van der Waals surface area (Å²) in [6.07, 6.45) is 3.29. The molecular formula is C29H22N2O5. The monoisotopic (exact) mass is 478 g/mol. The van der Waals surface area contributed by atoms with E-state index in [-0.39, 0.29) is 17.9 Å². The molecule has 1 fully saturated rings. The van der Waals surface area contributed by atoms with Crippen molar-refractivity contribution in [2.24, 2.45) is 0 Å². The summed E-state index contributed by atoms with van der Waals surface area (Å²) in [5, 5.41) is 13.3. The van der Waals surface area contributed by atoms with Gasteiger partial charge in [0.1, 0.15) is 19.0 Å². The van der Waals surface area contributed by atoms with Crippen LogP contribution in [0.15, 0.2) is 90.8 Å². The molecule has 1 amide bonds. The second-order valence-corrected chi connectivity index (χ2v) is 8.71. The number of nitrogens with zero attached hydrogens (tertiary/aromatic N) is 2. The molecule has 0 aliphatic carbocycles. The van der Waals surface area contributed by atoms with Crippen molar-refractivity contribution in [3.05, 3.63) is 107 Å². The number of aliphatic hydroxyl groups excluding tert-OH is 1. The van der Waals surface area contributed by atoms with Crippen LogP contribution in [0.3, 0.4) is 0 Å². The summed E-state index contributed by atoms with van der Waals surface area (Å²) in [6.45, 7) is 1.03. The van der Waals surface area contributed by atoms with Gasteiger partial charge in [0.05, 0.1) is 11.6 Å². The molecule has 6 rings (SSSR count). The van der Waals surface area contributed by atoms with E-state index < -0.39 is 17.7 Å². The van der Waals surface area contributed by atoms with Gasteiger partial charge in [-0.05, 0) is 52.2 Å². The van der Waals surface area contributed by atoms with Gasteiger partial charge in [-0.2, -0.15) is 0 Å². The Kier molecular flexibility index (Phi) is 5.37. The first-order valence-electron chi connectivity index (χ1n) is 11.7. The van der Waals surface area contributed by atoms with Gasteiger partial charge in [-0.25, -0.2) is 0 Å². The number of hydrogen-bond donors (Lipinski definition) is 1. The average Bonchev–Trinajstić information content (AvgIpc) is 3.17. The number of carbonyl (C=O) groups is 2. The van der Waals surface area contributed by atoms with Crippen molar-refractivity contribution in [1.82, 2.24) is 9.88 Å². The topological polar surface area (TPSA) is 89.0 Å². The van der Waals surface area contributed by atoms with Gasteiger partial charge in [0, 0.05) is 24.5 Å². The second-order valence-electron chi connectivity index (χ2n) is 8.71. The minimum Gasteiger partial charge on any atom is -0.507 e. The lowest BCUT2D eigenvalue weighted by Crippen LogP contribution is -2.29. The highest BCUT2D eigenvalue weighted by Crippen LogP contribution is 2.43. The zero-order valence-corrected chi connectivity index (χ0v) is 19.3. The Hall–Kier alpha value is -4.65. The van der Waals surface area contributed by atoms with E-state index in [0.717, 1.165) is 21.9 Å². The molecular weight excluding hydrogens is 456 g/mol. The van der Waals surface area contributed by atoms with Gasteiger partial charge < -0.3 is 19.5 Å². The molecule has 1 unspecified atom stereocenters. The molecule has 0 radical (unpaired) electrons. The van der Waals surface area contributed by atoms with Crippen LogP contribution in [0.4, 0.5) is 0 Å². The van der Waals surface area contributed by atoms with Crippen LogP contribution in [-0.2, 0) is 16.1 Å². The molecule has 4 aromatic rings. The van der Waals surface area contributed by atoms with E-state index in [9.17, 15) is 14.7 Å². The molecule has 0 spiro atoms. The maximum Gasteiger partial charge on any atom is 0.295 e. The molecule has 3 heterocycles. The Labute approximate surface area is 207 Å². The largest absolute Gasteiger partial charge is 0.507 e. The number of benzene rings is 3. The van der Waals surface area contributed by atoms with Gasteiger partial charge in [0.2, 0.25) is 0 Å². The number of Topliss-reactive ketones (excluding diaryl/α,β-unsaturated/α-hetero) is 1. The minimum absolute atomic E-state index is 0.0436. The quantitative estimate of drug-likeness (QED) is 0.261. The van der Waals surface area contributed by atoms with E-state index in [1.165, 1.54) is 4.90 Å². The Morgan fingerprint density at radius 3 is 2.50 bits per heavy atom. The fourth-order valence-electron chi connectivity index (χ4n) is 4.89. The van der Waals surface area contributed by atoms with E-state index >= 15 is 0 Å². The third-order valence-electron chi connectivity index (χ3n) is 6.58. The summed E-state index contributed by atoms with van der Waals surface area (Å²) in [5.74, 6) is -0.585. The average molecular weight is 479 g/mol. The zero-order valence-electron chi connectivity index (χ0n) is 19.3. The lowest BCUT2D eigenvalue weighted by Gasteiger charge is -2.26. The molecule has 178 valence electrons. The number of likely N-dealkylation sites (tertiary alicyclic amines) is 1. The van der Waals surface area contributed by atoms with Crippen LogP contribution in [0.1, 0.15) is 22.7 Å². The standard InChI is InChI=1S/C29H22N2O5/c32-27(20-8-9-23-24(16-20)36-15-14-35-23)25-26(22-7-3-5-19-4-1-2-6-21(19)22)31(29(34)28(25)33)17-18-10-12-30-13-11-18/h1-13,16,26,32H,14-15,17H2/b27-25+. The fourth-order valence-corrected chi connectivity index (χ4v) is 4.89. The Morgan fingerprint density at radius 1 is 0.917 bits per heavy atom. The van der Waals surface area contributed by atoms with Crippen molar-refractivity contribution >= 4 is 28.2 Å². The number of hydrogen-bond acceptors (Lipinski definition) is 6. The Bertz CT molecular complexity index is 1520. The lowest BCUT2D eigenvalue weighted by atomic mass is 9.91. The zero-order chi connectivity index (χ0) is 24.6. The number of ketones is 1. The first-order valence-corrected chi connectivity index (χ1v) is 11.7. The summed E-state index contributed by atoms with van der Waals surface area (Å²) in [4.78, 5) is 32.4. The molecule has 1 atom stereocenters. The maximum atomic E-state index is 13.5. The summed E-state index contributed by atoms with van der Waals surface area (Å²) < 4.78 is 11.3. The van der Waals surface area contributed by atoms with Crippen LogP contribution in [0, 0.1) is 0 Å². The normalized spacial score (nSPS) is 18.6. The van der Waals surface area contributed by atoms with Gasteiger partial charge in [-0.1, -0.05) is 42.5 Å². The van der Waals surface area contributed by atoms with Gasteiger partial charge in [-0.15, -0.1) is 0 Å². The number of carbonyl (C=O) groups excluding carboxylic acids is 2. The summed E-state index contributed by atoms with van der Waals surface area (Å²) >= 11 is 0. The van der Waals surface area contributed by atoms with E-state index in [4.69, 9.17) is 9.47 Å². The van der Waals surface area contributed by atoms with Crippen molar-refractivity contribution in [3.63, 3.8) is 0 Å². The molecule has 3 aromatic carbocycles. The number of aromatic nitrogens is 1. The van der Waals surface area contributed by atoms with Crippen molar-refractivity contribution in [1.29, 1.82) is 0 Å². The SMILES string of the molecule is O=C1C(=O)N(Cc2ccncc2)C(c2cccc3ccccc23)/C1=C(\O)c1ccc2c(c1)OCCO2. The van der Waals surface area contributed by atoms with Crippen LogP contribution in [-0.4, -0.2) is 39.9 Å². The maximum absolute atomic E-state index is 13.5. The van der Waals surface area contributed by atoms with Gasteiger partial charge in [-0.3, -0.25) is 14.6 Å². The predicted molar refractivity (Wildman–Crippen MR) is 133 cm³/mol. The van der Waals surface area contributed by atoms with E-state index in [1.807, 2.05) is 42.5 Å². The highest BCUT2D eigenvalue weighted by atomic mass is 16.6. The van der Waals surface area contributed by atoms with Gasteiger partial charge in [0.25, 0.3) is 11.7 Å². The third-order valence-corrected chi connectivity index (χ3v) is 6.58. The second kappa shape index (κ2) is 8.85. The molecule has 36 heavy (non-hydrogen) atoms. The number of ether oxygens (including phenoxy) is 2. The number of rotatable bonds is 4. The summed E-state index contributed by atoms with van der Waals surface area (Å²) in [7, 11) is 0. The molecule has 2 aliphatic heterocycles. The Balaban J connectivity index is 1.55. The molecule has 2 aliphatic rings. The molecule has 1 aromatic heterocycles. The van der Waals surface area contributed by atoms with Crippen LogP contribution in [0.5, 0.6) is 11.5 Å². The van der Waals surface area contributed by atoms with Crippen LogP contribution in [0.25, 0.3) is 16.5 Å². The van der Waals surface area contributed by atoms with E-state index in [1.54, 1.807) is 42.7 Å². The van der Waals surface area contributed by atoms with Crippen molar-refractivity contribution in [2.45, 2.75) is 12.6 Å². The Morgan fingerprint density at radius 2 is 1.67 bits per heavy atom. The van der Waals surface area contributed by atoms with Crippen molar-refractivity contribution < 1.29 is 24.2 Å². The number of aliphatic hydroxyl groups is 1. The summed E-state index contributed by atoms with van der Waals surface area (Å²) in [6, 6.07) is 21.4. The molecule has 7 heteroatoms. The van der Waals surface area contributed by atoms with Gasteiger partial charge in [0.15, 0.2) is 11.5 Å². The van der Waals surface area contributed by atoms with E-state index in [2.05, 4.69) is 4.98 Å². The molecule has 0 bridgehead atoms.